The van der Waals surface area contributed by atoms with Crippen molar-refractivity contribution < 1.29 is 18.8 Å². The second kappa shape index (κ2) is 5.46. The van der Waals surface area contributed by atoms with Crippen molar-refractivity contribution >= 4 is 21.0 Å². The van der Waals surface area contributed by atoms with E-state index in [0.717, 1.165) is 0 Å². The number of ether oxygens (including phenoxy) is 1. The van der Waals surface area contributed by atoms with Gasteiger partial charge < -0.3 is 9.16 Å². The third-order valence-corrected chi connectivity index (χ3v) is 2.41. The highest BCUT2D eigenvalue weighted by Crippen LogP contribution is 2.08. The Balaban J connectivity index is 2.90. The molecular weight excluding hydrogens is 224 g/mol. The molecule has 0 fully saturated rings. The summed E-state index contributed by atoms with van der Waals surface area (Å²) >= 11 is 0. The molecule has 1 rings (SSSR count). The van der Waals surface area contributed by atoms with E-state index < -0.39 is 21.0 Å². The van der Waals surface area contributed by atoms with Crippen molar-refractivity contribution in [2.75, 3.05) is 7.11 Å². The Bertz CT molecular complexity index is 401. The van der Waals surface area contributed by atoms with Gasteiger partial charge in [0.05, 0.1) is 18.2 Å². The normalized spacial score (nSPS) is 10.0. The van der Waals surface area contributed by atoms with E-state index in [1.54, 1.807) is 18.2 Å². The first-order valence-electron chi connectivity index (χ1n) is 4.75. The van der Waals surface area contributed by atoms with Crippen molar-refractivity contribution in [3.63, 3.8) is 0 Å². The van der Waals surface area contributed by atoms with Crippen LogP contribution in [0.1, 0.15) is 20.7 Å². The zero-order valence-corrected chi connectivity index (χ0v) is 10.4. The summed E-state index contributed by atoms with van der Waals surface area (Å²) in [7, 11) is 0.214. The Labute approximate surface area is 95.9 Å². The van der Waals surface area contributed by atoms with Crippen molar-refractivity contribution in [3.05, 3.63) is 35.4 Å². The fourth-order valence-electron chi connectivity index (χ4n) is 1.14. The molecule has 0 saturated heterocycles. The van der Waals surface area contributed by atoms with Crippen LogP contribution in [0, 0.1) is 0 Å². The van der Waals surface area contributed by atoms with Crippen LogP contribution in [0.5, 0.6) is 0 Å². The highest BCUT2D eigenvalue weighted by molar-refractivity contribution is 6.51. The second-order valence-electron chi connectivity index (χ2n) is 3.37. The number of carbonyl (C=O) groups is 2. The van der Waals surface area contributed by atoms with Crippen LogP contribution < -0.4 is 0 Å². The van der Waals surface area contributed by atoms with Gasteiger partial charge in [0.25, 0.3) is 9.04 Å². The Hall–Kier alpha value is -1.62. The van der Waals surface area contributed by atoms with E-state index in [4.69, 9.17) is 4.43 Å². The fourth-order valence-corrected chi connectivity index (χ4v) is 1.62. The molecule has 1 radical (unpaired) electrons. The van der Waals surface area contributed by atoms with Crippen molar-refractivity contribution in [1.82, 2.24) is 0 Å². The lowest BCUT2D eigenvalue weighted by Crippen LogP contribution is -2.15. The first-order chi connectivity index (χ1) is 7.54. The number of carbonyl (C=O) groups excluding carboxylic acids is 2. The average molecular weight is 237 g/mol. The lowest BCUT2D eigenvalue weighted by atomic mass is 10.1. The third-order valence-electron chi connectivity index (χ3n) is 1.82. The Morgan fingerprint density at radius 3 is 2.19 bits per heavy atom. The quantitative estimate of drug-likeness (QED) is 0.595. The van der Waals surface area contributed by atoms with Gasteiger partial charge in [0.1, 0.15) is 0 Å². The monoisotopic (exact) mass is 237 g/mol. The van der Waals surface area contributed by atoms with Gasteiger partial charge in [0.2, 0.25) is 0 Å². The van der Waals surface area contributed by atoms with Gasteiger partial charge in [-0.3, -0.25) is 0 Å². The molecule has 0 atom stereocenters. The van der Waals surface area contributed by atoms with E-state index in [1.807, 2.05) is 13.1 Å². The number of hydrogen-bond donors (Lipinski definition) is 0. The molecule has 0 saturated carbocycles. The van der Waals surface area contributed by atoms with Crippen LogP contribution in [0.2, 0.25) is 13.1 Å². The molecule has 1 aromatic carbocycles. The first-order valence-corrected chi connectivity index (χ1v) is 7.16. The highest BCUT2D eigenvalue weighted by Gasteiger charge is 2.13. The molecule has 0 N–H and O–H groups in total. The maximum absolute atomic E-state index is 11.6. The van der Waals surface area contributed by atoms with Crippen molar-refractivity contribution in [3.8, 4) is 0 Å². The first kappa shape index (κ1) is 12.4. The standard InChI is InChI=1S/C11H13O4Si/c1-14-10(12)8-5-4-6-9(7-8)11(13)15-16(2)3/h4-7H,1-3H3. The Kier molecular flexibility index (Phi) is 4.25. The molecule has 0 bridgehead atoms. The summed E-state index contributed by atoms with van der Waals surface area (Å²) in [6.07, 6.45) is 0. The molecule has 0 aliphatic carbocycles. The summed E-state index contributed by atoms with van der Waals surface area (Å²) in [5.74, 6) is -0.863. The molecule has 0 spiro atoms. The van der Waals surface area contributed by atoms with Crippen LogP contribution in [-0.2, 0) is 9.16 Å². The van der Waals surface area contributed by atoms with E-state index in [9.17, 15) is 9.59 Å². The summed E-state index contributed by atoms with van der Waals surface area (Å²) in [5.41, 5.74) is 0.715. The van der Waals surface area contributed by atoms with Crippen LogP contribution in [-0.4, -0.2) is 28.1 Å². The highest BCUT2D eigenvalue weighted by atomic mass is 28.3. The Morgan fingerprint density at radius 2 is 1.69 bits per heavy atom. The molecule has 4 nitrogen and oxygen atoms in total. The average Bonchev–Trinajstić information content (AvgIpc) is 2.27. The van der Waals surface area contributed by atoms with Crippen LogP contribution in [0.4, 0.5) is 0 Å². The van der Waals surface area contributed by atoms with Crippen molar-refractivity contribution in [2.45, 2.75) is 13.1 Å². The molecule has 0 aliphatic rings. The SMILES string of the molecule is COC(=O)c1cccc(C(=O)O[Si](C)C)c1. The smallest absolute Gasteiger partial charge is 0.337 e. The van der Waals surface area contributed by atoms with Gasteiger partial charge in [-0.05, 0) is 31.3 Å². The van der Waals surface area contributed by atoms with Crippen LogP contribution in [0.3, 0.4) is 0 Å². The zero-order chi connectivity index (χ0) is 12.1. The number of methoxy groups -OCH3 is 1. The lowest BCUT2D eigenvalue weighted by Gasteiger charge is -2.07. The predicted octanol–water partition coefficient (Wildman–Crippen LogP) is 1.88. The van der Waals surface area contributed by atoms with Crippen LogP contribution in [0.25, 0.3) is 0 Å². The number of esters is 1. The third kappa shape index (κ3) is 3.20. The Morgan fingerprint density at radius 1 is 1.12 bits per heavy atom. The van der Waals surface area contributed by atoms with Crippen LogP contribution >= 0.6 is 0 Å². The summed E-state index contributed by atoms with van der Waals surface area (Å²) in [4.78, 5) is 22.8. The van der Waals surface area contributed by atoms with Crippen LogP contribution in [0.15, 0.2) is 24.3 Å². The number of hydrogen-bond acceptors (Lipinski definition) is 4. The van der Waals surface area contributed by atoms with Gasteiger partial charge in [-0.15, -0.1) is 0 Å². The molecule has 16 heavy (non-hydrogen) atoms. The largest absolute Gasteiger partial charge is 0.515 e. The van der Waals surface area contributed by atoms with E-state index in [1.165, 1.54) is 13.2 Å². The topological polar surface area (TPSA) is 52.6 Å². The summed E-state index contributed by atoms with van der Waals surface area (Å²) < 4.78 is 9.68. The predicted molar refractivity (Wildman–Crippen MR) is 60.7 cm³/mol. The minimum atomic E-state index is -1.08. The van der Waals surface area contributed by atoms with Gasteiger partial charge in [0.15, 0.2) is 0 Å². The van der Waals surface area contributed by atoms with Gasteiger partial charge in [0, 0.05) is 0 Å². The molecule has 0 aliphatic heterocycles. The van der Waals surface area contributed by atoms with Crippen molar-refractivity contribution in [1.29, 1.82) is 0 Å². The molecule has 0 heterocycles. The van der Waals surface area contributed by atoms with Gasteiger partial charge in [-0.25, -0.2) is 9.59 Å². The van der Waals surface area contributed by atoms with Gasteiger partial charge in [-0.2, -0.15) is 0 Å². The summed E-state index contributed by atoms with van der Waals surface area (Å²) in [6.45, 7) is 3.74. The molecule has 0 aromatic heterocycles. The van der Waals surface area contributed by atoms with E-state index >= 15 is 0 Å². The van der Waals surface area contributed by atoms with E-state index in [-0.39, 0.29) is 0 Å². The minimum Gasteiger partial charge on any atom is -0.515 e. The maximum Gasteiger partial charge on any atom is 0.337 e. The molecule has 5 heteroatoms. The summed E-state index contributed by atoms with van der Waals surface area (Å²) in [6, 6.07) is 6.30. The fraction of sp³-hybridized carbons (Fsp3) is 0.273. The van der Waals surface area contributed by atoms with Gasteiger partial charge >= 0.3 is 11.9 Å². The zero-order valence-electron chi connectivity index (χ0n) is 9.44. The second-order valence-corrected chi connectivity index (χ2v) is 5.39. The molecule has 85 valence electrons. The minimum absolute atomic E-state index is 0.345. The summed E-state index contributed by atoms with van der Waals surface area (Å²) in [5, 5.41) is 0. The number of benzene rings is 1. The molecule has 1 aromatic rings. The molecule has 0 amide bonds. The van der Waals surface area contributed by atoms with E-state index in [2.05, 4.69) is 4.74 Å². The number of rotatable bonds is 3. The maximum atomic E-state index is 11.6. The molecule has 0 unspecified atom stereocenters. The lowest BCUT2D eigenvalue weighted by molar-refractivity contribution is 0.0600. The molecular formula is C11H13O4Si. The van der Waals surface area contributed by atoms with Crippen molar-refractivity contribution in [2.24, 2.45) is 0 Å². The van der Waals surface area contributed by atoms with E-state index in [0.29, 0.717) is 11.1 Å². The van der Waals surface area contributed by atoms with Gasteiger partial charge in [-0.1, -0.05) is 6.07 Å².